The summed E-state index contributed by atoms with van der Waals surface area (Å²) in [5.41, 5.74) is 1.98. The Hall–Kier alpha value is -1.50. The minimum atomic E-state index is -0.587. The van der Waals surface area contributed by atoms with E-state index < -0.39 is 6.04 Å². The molecule has 2 amide bonds. The van der Waals surface area contributed by atoms with E-state index in [9.17, 15) is 9.59 Å². The molecule has 2 aromatic rings. The van der Waals surface area contributed by atoms with Crippen molar-refractivity contribution in [1.29, 1.82) is 0 Å². The lowest BCUT2D eigenvalue weighted by Gasteiger charge is -2.30. The first-order valence-corrected chi connectivity index (χ1v) is 12.3. The number of nitrogens with one attached hydrogen (secondary N) is 1. The van der Waals surface area contributed by atoms with E-state index in [0.717, 1.165) is 27.8 Å². The van der Waals surface area contributed by atoms with Crippen LogP contribution in [0.25, 0.3) is 0 Å². The molecule has 0 unspecified atom stereocenters. The van der Waals surface area contributed by atoms with Crippen molar-refractivity contribution in [2.75, 3.05) is 5.75 Å². The molecule has 2 atom stereocenters. The van der Waals surface area contributed by atoms with Gasteiger partial charge in [0.25, 0.3) is 0 Å². The highest BCUT2D eigenvalue weighted by Gasteiger charge is 2.27. The Morgan fingerprint density at radius 3 is 2.43 bits per heavy atom. The molecular formula is C23H28BrClN2O2S. The summed E-state index contributed by atoms with van der Waals surface area (Å²) in [6, 6.07) is 14.9. The van der Waals surface area contributed by atoms with E-state index in [2.05, 4.69) is 21.2 Å². The number of rotatable bonds is 10. The van der Waals surface area contributed by atoms with Crippen LogP contribution in [0.5, 0.6) is 0 Å². The first-order valence-electron chi connectivity index (χ1n) is 9.97. The molecule has 2 aromatic carbocycles. The molecule has 0 fully saturated rings. The van der Waals surface area contributed by atoms with E-state index in [4.69, 9.17) is 11.6 Å². The average molecular weight is 512 g/mol. The molecule has 162 valence electrons. The number of hydrogen-bond donors (Lipinski definition) is 1. The van der Waals surface area contributed by atoms with Crippen molar-refractivity contribution in [2.45, 2.75) is 51.6 Å². The first-order chi connectivity index (χ1) is 14.3. The molecule has 0 aromatic heterocycles. The van der Waals surface area contributed by atoms with Crippen molar-refractivity contribution < 1.29 is 9.59 Å². The van der Waals surface area contributed by atoms with Crippen LogP contribution in [0.4, 0.5) is 0 Å². The standard InChI is InChI=1S/C23H28BrClN2O2S/c1-4-16(2)26-23(29)17(3)27(13-19-7-5-6-8-21(19)25)22(28)15-30-14-18-9-11-20(24)12-10-18/h5-12,16-17H,4,13-15H2,1-3H3,(H,26,29)/t16-,17+/m0/s1. The minimum Gasteiger partial charge on any atom is -0.352 e. The molecule has 0 aliphatic rings. The molecule has 0 saturated carbocycles. The second-order valence-corrected chi connectivity index (χ2v) is 9.53. The minimum absolute atomic E-state index is 0.0593. The zero-order valence-corrected chi connectivity index (χ0v) is 20.7. The van der Waals surface area contributed by atoms with Gasteiger partial charge in [0.15, 0.2) is 0 Å². The Labute approximate surface area is 196 Å². The summed E-state index contributed by atoms with van der Waals surface area (Å²) in [7, 11) is 0. The summed E-state index contributed by atoms with van der Waals surface area (Å²) < 4.78 is 1.03. The number of benzene rings is 2. The van der Waals surface area contributed by atoms with Crippen LogP contribution in [0.1, 0.15) is 38.3 Å². The fraction of sp³-hybridized carbons (Fsp3) is 0.391. The fourth-order valence-corrected chi connectivity index (χ4v) is 4.11. The Morgan fingerprint density at radius 1 is 1.13 bits per heavy atom. The molecular weight excluding hydrogens is 484 g/mol. The highest BCUT2D eigenvalue weighted by molar-refractivity contribution is 9.10. The van der Waals surface area contributed by atoms with Crippen molar-refractivity contribution in [3.05, 3.63) is 69.2 Å². The van der Waals surface area contributed by atoms with Gasteiger partial charge in [-0.3, -0.25) is 9.59 Å². The predicted octanol–water partition coefficient (Wildman–Crippen LogP) is 5.67. The van der Waals surface area contributed by atoms with Gasteiger partial charge in [-0.2, -0.15) is 0 Å². The monoisotopic (exact) mass is 510 g/mol. The molecule has 2 rings (SSSR count). The van der Waals surface area contributed by atoms with Crippen molar-refractivity contribution >= 4 is 51.1 Å². The Bertz CT molecular complexity index is 847. The van der Waals surface area contributed by atoms with Crippen molar-refractivity contribution in [3.8, 4) is 0 Å². The average Bonchev–Trinajstić information content (AvgIpc) is 2.73. The van der Waals surface area contributed by atoms with Crippen LogP contribution in [0, 0.1) is 0 Å². The summed E-state index contributed by atoms with van der Waals surface area (Å²) in [5.74, 6) is 0.792. The van der Waals surface area contributed by atoms with Crippen molar-refractivity contribution in [2.24, 2.45) is 0 Å². The lowest BCUT2D eigenvalue weighted by atomic mass is 10.1. The second kappa shape index (κ2) is 12.4. The third kappa shape index (κ3) is 7.64. The number of carbonyl (C=O) groups excluding carboxylic acids is 2. The summed E-state index contributed by atoms with van der Waals surface area (Å²) in [6.07, 6.45) is 0.833. The Morgan fingerprint density at radius 2 is 1.80 bits per heavy atom. The van der Waals surface area contributed by atoms with E-state index in [1.807, 2.05) is 56.3 Å². The SMILES string of the molecule is CC[C@H](C)NC(=O)[C@@H](C)N(Cc1ccccc1Cl)C(=O)CSCc1ccc(Br)cc1. The normalized spacial score (nSPS) is 12.8. The quantitative estimate of drug-likeness (QED) is 0.447. The third-order valence-electron chi connectivity index (χ3n) is 4.87. The third-order valence-corrected chi connectivity index (χ3v) is 6.76. The van der Waals surface area contributed by atoms with Gasteiger partial charge >= 0.3 is 0 Å². The maximum Gasteiger partial charge on any atom is 0.242 e. The number of halogens is 2. The van der Waals surface area contributed by atoms with Gasteiger partial charge in [-0.15, -0.1) is 11.8 Å². The molecule has 0 spiro atoms. The van der Waals surface area contributed by atoms with Crippen LogP contribution in [-0.2, 0) is 21.9 Å². The maximum atomic E-state index is 13.1. The summed E-state index contributed by atoms with van der Waals surface area (Å²) in [4.78, 5) is 27.4. The summed E-state index contributed by atoms with van der Waals surface area (Å²) in [6.45, 7) is 6.04. The van der Waals surface area contributed by atoms with Gasteiger partial charge in [0, 0.05) is 27.8 Å². The molecule has 7 heteroatoms. The van der Waals surface area contributed by atoms with Gasteiger partial charge < -0.3 is 10.2 Å². The highest BCUT2D eigenvalue weighted by atomic mass is 79.9. The van der Waals surface area contributed by atoms with Crippen LogP contribution in [-0.4, -0.2) is 34.6 Å². The van der Waals surface area contributed by atoms with Crippen LogP contribution < -0.4 is 5.32 Å². The number of carbonyl (C=O) groups is 2. The second-order valence-electron chi connectivity index (χ2n) is 7.23. The molecule has 0 bridgehead atoms. The van der Waals surface area contributed by atoms with Crippen molar-refractivity contribution in [1.82, 2.24) is 10.2 Å². The molecule has 0 aliphatic carbocycles. The largest absolute Gasteiger partial charge is 0.352 e. The lowest BCUT2D eigenvalue weighted by molar-refractivity contribution is -0.138. The van der Waals surface area contributed by atoms with Crippen LogP contribution >= 0.6 is 39.3 Å². The molecule has 0 radical (unpaired) electrons. The maximum absolute atomic E-state index is 13.1. The van der Waals surface area contributed by atoms with Gasteiger partial charge in [-0.05, 0) is 49.6 Å². The van der Waals surface area contributed by atoms with E-state index in [1.165, 1.54) is 11.8 Å². The van der Waals surface area contributed by atoms with Crippen LogP contribution in [0.3, 0.4) is 0 Å². The smallest absolute Gasteiger partial charge is 0.242 e. The van der Waals surface area contributed by atoms with Gasteiger partial charge in [-0.1, -0.05) is 64.8 Å². The van der Waals surface area contributed by atoms with Crippen LogP contribution in [0.15, 0.2) is 53.0 Å². The van der Waals surface area contributed by atoms with Gasteiger partial charge in [0.05, 0.1) is 5.75 Å². The molecule has 0 aliphatic heterocycles. The van der Waals surface area contributed by atoms with E-state index in [0.29, 0.717) is 17.3 Å². The van der Waals surface area contributed by atoms with Gasteiger partial charge in [0.1, 0.15) is 6.04 Å². The summed E-state index contributed by atoms with van der Waals surface area (Å²) >= 11 is 11.3. The van der Waals surface area contributed by atoms with Gasteiger partial charge in [0.2, 0.25) is 11.8 Å². The Balaban J connectivity index is 2.08. The van der Waals surface area contributed by atoms with E-state index in [-0.39, 0.29) is 17.9 Å². The predicted molar refractivity (Wildman–Crippen MR) is 130 cm³/mol. The zero-order chi connectivity index (χ0) is 22.1. The number of thioether (sulfide) groups is 1. The molecule has 4 nitrogen and oxygen atoms in total. The number of hydrogen-bond acceptors (Lipinski definition) is 3. The van der Waals surface area contributed by atoms with Crippen LogP contribution in [0.2, 0.25) is 5.02 Å². The molecule has 30 heavy (non-hydrogen) atoms. The zero-order valence-electron chi connectivity index (χ0n) is 17.5. The first kappa shape index (κ1) is 24.8. The molecule has 0 saturated heterocycles. The highest BCUT2D eigenvalue weighted by Crippen LogP contribution is 2.21. The summed E-state index contributed by atoms with van der Waals surface area (Å²) in [5, 5.41) is 3.57. The van der Waals surface area contributed by atoms with E-state index >= 15 is 0 Å². The number of amides is 2. The lowest BCUT2D eigenvalue weighted by Crippen LogP contribution is -2.50. The van der Waals surface area contributed by atoms with E-state index in [1.54, 1.807) is 17.9 Å². The van der Waals surface area contributed by atoms with Gasteiger partial charge in [-0.25, -0.2) is 0 Å². The topological polar surface area (TPSA) is 49.4 Å². The molecule has 0 heterocycles. The Kier molecular flexibility index (Phi) is 10.2. The van der Waals surface area contributed by atoms with Crippen molar-refractivity contribution in [3.63, 3.8) is 0 Å². The molecule has 1 N–H and O–H groups in total. The number of nitrogens with zero attached hydrogens (tertiary/aromatic N) is 1. The fourth-order valence-electron chi connectivity index (χ4n) is 2.78.